The van der Waals surface area contributed by atoms with Crippen molar-refractivity contribution in [1.29, 1.82) is 0 Å². The van der Waals surface area contributed by atoms with E-state index in [1.807, 2.05) is 49.4 Å². The molecule has 104 valence electrons. The molecule has 0 bridgehead atoms. The maximum Gasteiger partial charge on any atom is 0.161 e. The third-order valence-corrected chi connectivity index (χ3v) is 2.83. The number of nitrogens with zero attached hydrogens (tertiary/aromatic N) is 1. The summed E-state index contributed by atoms with van der Waals surface area (Å²) in [5.74, 6) is 1.39. The molecule has 0 aliphatic heterocycles. The second-order valence-corrected chi connectivity index (χ2v) is 4.35. The van der Waals surface area contributed by atoms with Gasteiger partial charge in [-0.25, -0.2) is 0 Å². The fourth-order valence-corrected chi connectivity index (χ4v) is 1.83. The number of ether oxygens (including phenoxy) is 2. The van der Waals surface area contributed by atoms with Crippen LogP contribution < -0.4 is 14.9 Å². The molecule has 0 atom stereocenters. The lowest BCUT2D eigenvalue weighted by Crippen LogP contribution is -1.94. The van der Waals surface area contributed by atoms with Gasteiger partial charge in [-0.2, -0.15) is 5.10 Å². The summed E-state index contributed by atoms with van der Waals surface area (Å²) >= 11 is 0. The molecule has 4 heteroatoms. The molecule has 0 aliphatic carbocycles. The first-order valence-electron chi connectivity index (χ1n) is 6.30. The molecule has 0 heterocycles. The third kappa shape index (κ3) is 3.51. The Morgan fingerprint density at radius 2 is 1.80 bits per heavy atom. The van der Waals surface area contributed by atoms with Crippen LogP contribution in [-0.2, 0) is 0 Å². The van der Waals surface area contributed by atoms with Crippen molar-refractivity contribution in [2.45, 2.75) is 6.92 Å². The number of methoxy groups -OCH3 is 2. The van der Waals surface area contributed by atoms with E-state index >= 15 is 0 Å². The minimum atomic E-state index is 0.687. The van der Waals surface area contributed by atoms with Crippen LogP contribution in [0.1, 0.15) is 11.1 Å². The molecule has 0 aromatic heterocycles. The van der Waals surface area contributed by atoms with Crippen molar-refractivity contribution in [1.82, 2.24) is 0 Å². The number of hydrogen-bond donors (Lipinski definition) is 1. The van der Waals surface area contributed by atoms with E-state index in [0.29, 0.717) is 11.5 Å². The highest BCUT2D eigenvalue weighted by Gasteiger charge is 2.02. The maximum atomic E-state index is 5.25. The molecule has 20 heavy (non-hydrogen) atoms. The van der Waals surface area contributed by atoms with Gasteiger partial charge in [-0.05, 0) is 48.4 Å². The van der Waals surface area contributed by atoms with E-state index in [-0.39, 0.29) is 0 Å². The molecule has 0 aliphatic rings. The molecule has 2 rings (SSSR count). The van der Waals surface area contributed by atoms with Crippen molar-refractivity contribution in [2.75, 3.05) is 19.6 Å². The second-order valence-electron chi connectivity index (χ2n) is 4.35. The number of hydrogen-bond acceptors (Lipinski definition) is 4. The SMILES string of the molecule is COc1ccc(/C=N\Nc2cccc(C)c2)cc1OC. The molecule has 0 unspecified atom stereocenters. The molecule has 0 fully saturated rings. The predicted octanol–water partition coefficient (Wildman–Crippen LogP) is 3.46. The standard InChI is InChI=1S/C16H18N2O2/c1-12-5-4-6-14(9-12)18-17-11-13-7-8-15(19-2)16(10-13)20-3/h4-11,18H,1-3H3/b17-11-. The number of nitrogens with one attached hydrogen (secondary N) is 1. The van der Waals surface area contributed by atoms with Crippen LogP contribution in [0.2, 0.25) is 0 Å². The van der Waals surface area contributed by atoms with Crippen LogP contribution in [0, 0.1) is 6.92 Å². The van der Waals surface area contributed by atoms with E-state index in [4.69, 9.17) is 9.47 Å². The van der Waals surface area contributed by atoms with Crippen LogP contribution in [0.3, 0.4) is 0 Å². The number of anilines is 1. The lowest BCUT2D eigenvalue weighted by Gasteiger charge is -2.07. The normalized spacial score (nSPS) is 10.6. The quantitative estimate of drug-likeness (QED) is 0.668. The van der Waals surface area contributed by atoms with Gasteiger partial charge in [0.15, 0.2) is 11.5 Å². The van der Waals surface area contributed by atoms with Crippen LogP contribution in [0.5, 0.6) is 11.5 Å². The predicted molar refractivity (Wildman–Crippen MR) is 81.9 cm³/mol. The van der Waals surface area contributed by atoms with Crippen LogP contribution in [0.15, 0.2) is 47.6 Å². The summed E-state index contributed by atoms with van der Waals surface area (Å²) in [6.07, 6.45) is 1.74. The lowest BCUT2D eigenvalue weighted by atomic mass is 10.2. The zero-order valence-electron chi connectivity index (χ0n) is 11.9. The Kier molecular flexibility index (Phi) is 4.60. The average Bonchev–Trinajstić information content (AvgIpc) is 2.47. The summed E-state index contributed by atoms with van der Waals surface area (Å²) in [5.41, 5.74) is 6.08. The highest BCUT2D eigenvalue weighted by atomic mass is 16.5. The monoisotopic (exact) mass is 270 g/mol. The Morgan fingerprint density at radius 3 is 2.50 bits per heavy atom. The van der Waals surface area contributed by atoms with Gasteiger partial charge in [-0.1, -0.05) is 12.1 Å². The molecule has 0 saturated carbocycles. The number of benzene rings is 2. The summed E-state index contributed by atoms with van der Waals surface area (Å²) in [6.45, 7) is 2.04. The van der Waals surface area contributed by atoms with Crippen molar-refractivity contribution in [3.8, 4) is 11.5 Å². The van der Waals surface area contributed by atoms with Gasteiger partial charge in [0.1, 0.15) is 0 Å². The van der Waals surface area contributed by atoms with Gasteiger partial charge in [0.2, 0.25) is 0 Å². The molecule has 2 aromatic rings. The van der Waals surface area contributed by atoms with Gasteiger partial charge in [0.05, 0.1) is 26.1 Å². The van der Waals surface area contributed by atoms with Crippen molar-refractivity contribution in [3.05, 3.63) is 53.6 Å². The van der Waals surface area contributed by atoms with Gasteiger partial charge < -0.3 is 9.47 Å². The Morgan fingerprint density at radius 1 is 1.00 bits per heavy atom. The highest BCUT2D eigenvalue weighted by Crippen LogP contribution is 2.26. The van der Waals surface area contributed by atoms with Gasteiger partial charge in [-0.3, -0.25) is 5.43 Å². The van der Waals surface area contributed by atoms with Gasteiger partial charge in [-0.15, -0.1) is 0 Å². The van der Waals surface area contributed by atoms with Crippen molar-refractivity contribution in [3.63, 3.8) is 0 Å². The van der Waals surface area contributed by atoms with E-state index in [9.17, 15) is 0 Å². The first kappa shape index (κ1) is 13.9. The topological polar surface area (TPSA) is 42.8 Å². The minimum absolute atomic E-state index is 0.687. The van der Waals surface area contributed by atoms with Gasteiger partial charge in [0.25, 0.3) is 0 Å². The van der Waals surface area contributed by atoms with E-state index < -0.39 is 0 Å². The first-order valence-corrected chi connectivity index (χ1v) is 6.30. The average molecular weight is 270 g/mol. The summed E-state index contributed by atoms with van der Waals surface area (Å²) < 4.78 is 10.4. The van der Waals surface area contributed by atoms with Crippen LogP contribution >= 0.6 is 0 Å². The van der Waals surface area contributed by atoms with E-state index in [0.717, 1.165) is 11.3 Å². The Balaban J connectivity index is 2.08. The van der Waals surface area contributed by atoms with E-state index in [1.165, 1.54) is 5.56 Å². The molecule has 0 amide bonds. The molecule has 1 N–H and O–H groups in total. The number of rotatable bonds is 5. The molecular formula is C16H18N2O2. The molecule has 2 aromatic carbocycles. The zero-order valence-corrected chi connectivity index (χ0v) is 11.9. The Bertz CT molecular complexity index is 609. The van der Waals surface area contributed by atoms with Gasteiger partial charge in [0, 0.05) is 0 Å². The van der Waals surface area contributed by atoms with E-state index in [2.05, 4.69) is 10.5 Å². The number of hydrazone groups is 1. The zero-order chi connectivity index (χ0) is 14.4. The Labute approximate surface area is 119 Å². The van der Waals surface area contributed by atoms with Crippen LogP contribution in [-0.4, -0.2) is 20.4 Å². The fourth-order valence-electron chi connectivity index (χ4n) is 1.83. The lowest BCUT2D eigenvalue weighted by molar-refractivity contribution is 0.355. The summed E-state index contributed by atoms with van der Waals surface area (Å²) in [5, 5.41) is 4.21. The van der Waals surface area contributed by atoms with Crippen LogP contribution in [0.4, 0.5) is 5.69 Å². The largest absolute Gasteiger partial charge is 0.493 e. The summed E-state index contributed by atoms with van der Waals surface area (Å²) in [4.78, 5) is 0. The third-order valence-electron chi connectivity index (χ3n) is 2.83. The van der Waals surface area contributed by atoms with Gasteiger partial charge >= 0.3 is 0 Å². The molecular weight excluding hydrogens is 252 g/mol. The molecule has 0 spiro atoms. The molecule has 0 radical (unpaired) electrons. The second kappa shape index (κ2) is 6.61. The maximum absolute atomic E-state index is 5.25. The minimum Gasteiger partial charge on any atom is -0.493 e. The number of aryl methyl sites for hydroxylation is 1. The summed E-state index contributed by atoms with van der Waals surface area (Å²) in [6, 6.07) is 13.7. The highest BCUT2D eigenvalue weighted by molar-refractivity contribution is 5.81. The fraction of sp³-hybridized carbons (Fsp3) is 0.188. The van der Waals surface area contributed by atoms with Crippen molar-refractivity contribution in [2.24, 2.45) is 5.10 Å². The first-order chi connectivity index (χ1) is 9.72. The van der Waals surface area contributed by atoms with Crippen molar-refractivity contribution < 1.29 is 9.47 Å². The van der Waals surface area contributed by atoms with Crippen molar-refractivity contribution >= 4 is 11.9 Å². The molecule has 0 saturated heterocycles. The van der Waals surface area contributed by atoms with Crippen LogP contribution in [0.25, 0.3) is 0 Å². The Hall–Kier alpha value is -2.49. The molecule has 4 nitrogen and oxygen atoms in total. The van der Waals surface area contributed by atoms with E-state index in [1.54, 1.807) is 20.4 Å². The summed E-state index contributed by atoms with van der Waals surface area (Å²) in [7, 11) is 3.23. The smallest absolute Gasteiger partial charge is 0.161 e.